The van der Waals surface area contributed by atoms with Crippen molar-refractivity contribution < 1.29 is 9.53 Å². The van der Waals surface area contributed by atoms with Crippen LogP contribution < -0.4 is 4.74 Å². The maximum absolute atomic E-state index is 11.0. The van der Waals surface area contributed by atoms with Gasteiger partial charge in [0.05, 0.1) is 3.57 Å². The molecule has 0 fully saturated rings. The third-order valence-corrected chi connectivity index (χ3v) is 2.21. The molecule has 0 heterocycles. The van der Waals surface area contributed by atoms with Crippen LogP contribution in [0.15, 0.2) is 29.4 Å². The molecule has 0 amide bonds. The van der Waals surface area contributed by atoms with Gasteiger partial charge in [-0.1, -0.05) is 17.2 Å². The van der Waals surface area contributed by atoms with Crippen LogP contribution in [0.5, 0.6) is 5.75 Å². The van der Waals surface area contributed by atoms with Gasteiger partial charge in [-0.15, -0.1) is 0 Å². The third-order valence-electron chi connectivity index (χ3n) is 1.32. The molecule has 1 rings (SSSR count). The molecule has 0 spiro atoms. The van der Waals surface area contributed by atoms with E-state index in [4.69, 9.17) is 10.3 Å². The Labute approximate surface area is 93.8 Å². The molecule has 0 aliphatic carbocycles. The number of azide groups is 1. The molecule has 0 bridgehead atoms. The second kappa shape index (κ2) is 5.46. The fourth-order valence-electron chi connectivity index (χ4n) is 0.772. The standard InChI is InChI=1S/C8H6IN3O2/c9-6-3-1-2-4-7(6)14-8(13)5-11-12-10/h1-4H,5H2. The van der Waals surface area contributed by atoms with Crippen LogP contribution in [0, 0.1) is 3.57 Å². The number of halogens is 1. The van der Waals surface area contributed by atoms with E-state index in [0.29, 0.717) is 5.75 Å². The van der Waals surface area contributed by atoms with Crippen LogP contribution in [-0.2, 0) is 4.79 Å². The van der Waals surface area contributed by atoms with Gasteiger partial charge in [-0.25, -0.2) is 0 Å². The highest BCUT2D eigenvalue weighted by molar-refractivity contribution is 14.1. The first-order chi connectivity index (χ1) is 6.74. The summed E-state index contributed by atoms with van der Waals surface area (Å²) >= 11 is 2.05. The van der Waals surface area contributed by atoms with Crippen molar-refractivity contribution in [3.8, 4) is 5.75 Å². The summed E-state index contributed by atoms with van der Waals surface area (Å²) in [4.78, 5) is 13.5. The number of rotatable bonds is 3. The molecule has 14 heavy (non-hydrogen) atoms. The lowest BCUT2D eigenvalue weighted by Crippen LogP contribution is -2.11. The van der Waals surface area contributed by atoms with E-state index in [9.17, 15) is 4.79 Å². The zero-order valence-electron chi connectivity index (χ0n) is 7.05. The van der Waals surface area contributed by atoms with E-state index in [2.05, 4.69) is 32.6 Å². The van der Waals surface area contributed by atoms with Crippen molar-refractivity contribution in [2.24, 2.45) is 5.11 Å². The summed E-state index contributed by atoms with van der Waals surface area (Å²) in [5, 5.41) is 3.10. The highest BCUT2D eigenvalue weighted by Crippen LogP contribution is 2.19. The third kappa shape index (κ3) is 3.23. The Morgan fingerprint density at radius 2 is 2.29 bits per heavy atom. The summed E-state index contributed by atoms with van der Waals surface area (Å²) in [5.41, 5.74) is 7.98. The van der Waals surface area contributed by atoms with Crippen molar-refractivity contribution in [2.75, 3.05) is 6.54 Å². The first kappa shape index (κ1) is 10.8. The van der Waals surface area contributed by atoms with Crippen LogP contribution in [0.1, 0.15) is 0 Å². The van der Waals surface area contributed by atoms with Crippen molar-refractivity contribution in [3.63, 3.8) is 0 Å². The fourth-order valence-corrected chi connectivity index (χ4v) is 1.27. The van der Waals surface area contributed by atoms with Crippen LogP contribution in [0.3, 0.4) is 0 Å². The fraction of sp³-hybridized carbons (Fsp3) is 0.125. The SMILES string of the molecule is [N-]=[N+]=NCC(=O)Oc1ccccc1I. The van der Waals surface area contributed by atoms with Crippen molar-refractivity contribution in [3.05, 3.63) is 38.3 Å². The van der Waals surface area contributed by atoms with Gasteiger partial charge in [-0.05, 0) is 40.3 Å². The van der Waals surface area contributed by atoms with Gasteiger partial charge in [0.1, 0.15) is 12.3 Å². The molecule has 0 saturated heterocycles. The first-order valence-corrected chi connectivity index (χ1v) is 4.78. The second-order valence-electron chi connectivity index (χ2n) is 2.29. The summed E-state index contributed by atoms with van der Waals surface area (Å²) in [6.07, 6.45) is 0. The molecule has 72 valence electrons. The lowest BCUT2D eigenvalue weighted by molar-refractivity contribution is -0.132. The summed E-state index contributed by atoms with van der Waals surface area (Å²) in [5.74, 6) is -0.0850. The highest BCUT2D eigenvalue weighted by Gasteiger charge is 2.05. The first-order valence-electron chi connectivity index (χ1n) is 3.70. The van der Waals surface area contributed by atoms with Crippen molar-refractivity contribution in [2.45, 2.75) is 0 Å². The zero-order valence-corrected chi connectivity index (χ0v) is 9.21. The predicted octanol–water partition coefficient (Wildman–Crippen LogP) is 2.51. The number of esters is 1. The Morgan fingerprint density at radius 3 is 2.93 bits per heavy atom. The summed E-state index contributed by atoms with van der Waals surface area (Å²) in [6.45, 7) is -0.290. The molecule has 0 saturated carbocycles. The molecular weight excluding hydrogens is 297 g/mol. The summed E-state index contributed by atoms with van der Waals surface area (Å²) < 4.78 is 5.77. The Bertz CT molecular complexity index is 388. The molecule has 0 aliphatic rings. The predicted molar refractivity (Wildman–Crippen MR) is 58.8 cm³/mol. The van der Waals surface area contributed by atoms with E-state index < -0.39 is 5.97 Å². The smallest absolute Gasteiger partial charge is 0.317 e. The van der Waals surface area contributed by atoms with Gasteiger partial charge < -0.3 is 4.74 Å². The molecule has 1 aromatic carbocycles. The zero-order chi connectivity index (χ0) is 10.4. The largest absolute Gasteiger partial charge is 0.425 e. The second-order valence-corrected chi connectivity index (χ2v) is 3.46. The van der Waals surface area contributed by atoms with Gasteiger partial charge in [-0.3, -0.25) is 4.79 Å². The summed E-state index contributed by atoms with van der Waals surface area (Å²) in [7, 11) is 0. The minimum atomic E-state index is -0.563. The number of hydrogen-bond acceptors (Lipinski definition) is 3. The van der Waals surface area contributed by atoms with Crippen molar-refractivity contribution in [1.82, 2.24) is 0 Å². The van der Waals surface area contributed by atoms with Crippen LogP contribution >= 0.6 is 22.6 Å². The minimum absolute atomic E-state index is 0.290. The molecule has 0 unspecified atom stereocenters. The number of hydrogen-bond donors (Lipinski definition) is 0. The van der Waals surface area contributed by atoms with E-state index >= 15 is 0 Å². The average molecular weight is 303 g/mol. The average Bonchev–Trinajstić information content (AvgIpc) is 2.18. The summed E-state index contributed by atoms with van der Waals surface area (Å²) in [6, 6.07) is 7.09. The number of carbonyl (C=O) groups is 1. The molecular formula is C8H6IN3O2. The molecule has 1 aromatic rings. The minimum Gasteiger partial charge on any atom is -0.425 e. The maximum atomic E-state index is 11.0. The monoisotopic (exact) mass is 303 g/mol. The number of benzene rings is 1. The van der Waals surface area contributed by atoms with Gasteiger partial charge in [0.2, 0.25) is 0 Å². The van der Waals surface area contributed by atoms with E-state index in [1.54, 1.807) is 12.1 Å². The topological polar surface area (TPSA) is 75.1 Å². The van der Waals surface area contributed by atoms with Crippen molar-refractivity contribution >= 4 is 28.6 Å². The van der Waals surface area contributed by atoms with Gasteiger partial charge in [0.15, 0.2) is 0 Å². The lowest BCUT2D eigenvalue weighted by Gasteiger charge is -2.03. The number of ether oxygens (including phenoxy) is 1. The number of carbonyl (C=O) groups excluding carboxylic acids is 1. The van der Waals surface area contributed by atoms with Gasteiger partial charge in [0.25, 0.3) is 0 Å². The maximum Gasteiger partial charge on any atom is 0.317 e. The highest BCUT2D eigenvalue weighted by atomic mass is 127. The van der Waals surface area contributed by atoms with Gasteiger partial charge in [0, 0.05) is 4.91 Å². The number of para-hydroxylation sites is 1. The Kier molecular flexibility index (Phi) is 4.21. The van der Waals surface area contributed by atoms with E-state index in [0.717, 1.165) is 3.57 Å². The van der Waals surface area contributed by atoms with Crippen LogP contribution in [0.2, 0.25) is 0 Å². The Balaban J connectivity index is 2.65. The molecule has 0 aliphatic heterocycles. The van der Waals surface area contributed by atoms with E-state index in [1.165, 1.54) is 0 Å². The normalized spacial score (nSPS) is 8.93. The molecule has 5 nitrogen and oxygen atoms in total. The van der Waals surface area contributed by atoms with E-state index in [1.807, 2.05) is 12.1 Å². The van der Waals surface area contributed by atoms with Gasteiger partial charge in [-0.2, -0.15) is 0 Å². The molecule has 0 N–H and O–H groups in total. The van der Waals surface area contributed by atoms with E-state index in [-0.39, 0.29) is 6.54 Å². The number of nitrogens with zero attached hydrogens (tertiary/aromatic N) is 3. The lowest BCUT2D eigenvalue weighted by atomic mass is 10.3. The van der Waals surface area contributed by atoms with Crippen LogP contribution in [0.25, 0.3) is 10.4 Å². The molecule has 6 heteroatoms. The molecule has 0 aromatic heterocycles. The quantitative estimate of drug-likeness (QED) is 0.215. The molecule has 0 atom stereocenters. The molecule has 0 radical (unpaired) electrons. The Morgan fingerprint density at radius 1 is 1.57 bits per heavy atom. The van der Waals surface area contributed by atoms with Crippen molar-refractivity contribution in [1.29, 1.82) is 0 Å². The van der Waals surface area contributed by atoms with Crippen LogP contribution in [0.4, 0.5) is 0 Å². The van der Waals surface area contributed by atoms with Gasteiger partial charge >= 0.3 is 5.97 Å². The Hall–Kier alpha value is -1.27. The van der Waals surface area contributed by atoms with Crippen LogP contribution in [-0.4, -0.2) is 12.5 Å².